The number of phenols is 1. The van der Waals surface area contributed by atoms with E-state index >= 15 is 0 Å². The van der Waals surface area contributed by atoms with Gasteiger partial charge in [-0.25, -0.2) is 9.36 Å². The number of carbonyl (C=O) groups is 1. The van der Waals surface area contributed by atoms with Gasteiger partial charge in [-0.2, -0.15) is 0 Å². The smallest absolute Gasteiger partial charge is 0.333 e. The van der Waals surface area contributed by atoms with Gasteiger partial charge in [0.1, 0.15) is 11.5 Å². The number of fused-ring (bicyclic) bond motifs is 3. The van der Waals surface area contributed by atoms with Gasteiger partial charge in [-0.1, -0.05) is 18.2 Å². The van der Waals surface area contributed by atoms with Gasteiger partial charge in [-0.15, -0.1) is 0 Å². The predicted molar refractivity (Wildman–Crippen MR) is 83.9 cm³/mol. The number of rotatable bonds is 2. The first kappa shape index (κ1) is 13.4. The van der Waals surface area contributed by atoms with Crippen LogP contribution in [0.15, 0.2) is 47.3 Å². The summed E-state index contributed by atoms with van der Waals surface area (Å²) in [4.78, 5) is 27.3. The van der Waals surface area contributed by atoms with Crippen LogP contribution in [0.25, 0.3) is 22.5 Å². The monoisotopic (exact) mass is 308 g/mol. The molecule has 2 N–H and O–H groups in total. The molecule has 1 aromatic heterocycles. The molecule has 1 aliphatic rings. The number of nitrogens with zero attached hydrogens (tertiary/aromatic N) is 1. The molecular weight excluding hydrogens is 296 g/mol. The second-order valence-electron chi connectivity index (χ2n) is 5.22. The van der Waals surface area contributed by atoms with E-state index in [1.807, 2.05) is 0 Å². The summed E-state index contributed by atoms with van der Waals surface area (Å²) in [5.74, 6) is 0.161. The van der Waals surface area contributed by atoms with Crippen LogP contribution in [-0.2, 0) is 0 Å². The molecule has 0 unspecified atom stereocenters. The highest BCUT2D eigenvalue weighted by molar-refractivity contribution is 6.11. The number of imidazole rings is 1. The SMILES string of the molecule is COc1ccc(O)c(-c2[nH]c(=O)n3c2-c2ccccc2C3=O)c1. The topological polar surface area (TPSA) is 84.3 Å². The molecular formula is C17H12N2O4. The lowest BCUT2D eigenvalue weighted by Crippen LogP contribution is -2.21. The standard InChI is InChI=1S/C17H12N2O4/c1-23-9-6-7-13(20)12(8-9)14-15-10-4-2-3-5-11(10)16(21)19(15)17(22)18-14/h2-8,20H,1H3,(H,18,22). The van der Waals surface area contributed by atoms with Gasteiger partial charge in [0.25, 0.3) is 5.91 Å². The van der Waals surface area contributed by atoms with Gasteiger partial charge >= 0.3 is 5.69 Å². The maximum atomic E-state index is 12.4. The largest absolute Gasteiger partial charge is 0.507 e. The van der Waals surface area contributed by atoms with E-state index in [2.05, 4.69) is 4.98 Å². The zero-order valence-corrected chi connectivity index (χ0v) is 12.2. The Labute approximate surface area is 130 Å². The van der Waals surface area contributed by atoms with Crippen LogP contribution in [0.4, 0.5) is 0 Å². The van der Waals surface area contributed by atoms with Crippen molar-refractivity contribution in [1.29, 1.82) is 0 Å². The summed E-state index contributed by atoms with van der Waals surface area (Å²) >= 11 is 0. The van der Waals surface area contributed by atoms with Crippen LogP contribution in [0, 0.1) is 0 Å². The first-order chi connectivity index (χ1) is 11.1. The fraction of sp³-hybridized carbons (Fsp3) is 0.0588. The second-order valence-corrected chi connectivity index (χ2v) is 5.22. The molecule has 0 aliphatic carbocycles. The highest BCUT2D eigenvalue weighted by Gasteiger charge is 2.32. The van der Waals surface area contributed by atoms with Crippen molar-refractivity contribution < 1.29 is 14.6 Å². The summed E-state index contributed by atoms with van der Waals surface area (Å²) in [6, 6.07) is 11.7. The lowest BCUT2D eigenvalue weighted by atomic mass is 10.0. The molecule has 0 saturated carbocycles. The van der Waals surface area contributed by atoms with E-state index in [-0.39, 0.29) is 11.7 Å². The molecule has 1 aliphatic heterocycles. The normalized spacial score (nSPS) is 12.1. The van der Waals surface area contributed by atoms with Crippen molar-refractivity contribution >= 4 is 5.91 Å². The van der Waals surface area contributed by atoms with Gasteiger partial charge in [0.2, 0.25) is 0 Å². The van der Waals surface area contributed by atoms with Crippen LogP contribution >= 0.6 is 0 Å². The molecule has 114 valence electrons. The minimum atomic E-state index is -0.529. The quantitative estimate of drug-likeness (QED) is 0.595. The van der Waals surface area contributed by atoms with E-state index in [1.165, 1.54) is 13.2 Å². The number of nitrogens with one attached hydrogen (secondary N) is 1. The van der Waals surface area contributed by atoms with Crippen molar-refractivity contribution in [2.24, 2.45) is 0 Å². The van der Waals surface area contributed by atoms with Crippen molar-refractivity contribution in [3.8, 4) is 34.0 Å². The van der Waals surface area contributed by atoms with Gasteiger partial charge in [0.05, 0.1) is 18.5 Å². The molecule has 0 amide bonds. The number of hydrogen-bond donors (Lipinski definition) is 2. The van der Waals surface area contributed by atoms with E-state index in [0.717, 1.165) is 4.57 Å². The Balaban J connectivity index is 2.06. The molecule has 23 heavy (non-hydrogen) atoms. The number of ether oxygens (including phenoxy) is 1. The maximum Gasteiger partial charge on any atom is 0.333 e. The minimum Gasteiger partial charge on any atom is -0.507 e. The van der Waals surface area contributed by atoms with Crippen molar-refractivity contribution in [1.82, 2.24) is 9.55 Å². The Morgan fingerprint density at radius 2 is 1.78 bits per heavy atom. The van der Waals surface area contributed by atoms with Crippen LogP contribution < -0.4 is 10.4 Å². The second kappa shape index (κ2) is 4.61. The number of phenolic OH excluding ortho intramolecular Hbond substituents is 1. The van der Waals surface area contributed by atoms with E-state index < -0.39 is 5.69 Å². The average Bonchev–Trinajstić information content (AvgIpc) is 3.06. The van der Waals surface area contributed by atoms with E-state index in [0.29, 0.717) is 33.8 Å². The number of aromatic amines is 1. The van der Waals surface area contributed by atoms with Crippen LogP contribution in [0.1, 0.15) is 10.4 Å². The van der Waals surface area contributed by atoms with Gasteiger partial charge < -0.3 is 14.8 Å². The first-order valence-corrected chi connectivity index (χ1v) is 6.98. The van der Waals surface area contributed by atoms with Gasteiger partial charge in [-0.05, 0) is 24.3 Å². The van der Waals surface area contributed by atoms with Crippen LogP contribution in [0.3, 0.4) is 0 Å². The summed E-state index contributed by atoms with van der Waals surface area (Å²) in [5, 5.41) is 10.2. The molecule has 0 fully saturated rings. The molecule has 0 saturated heterocycles. The van der Waals surface area contributed by atoms with E-state index in [9.17, 15) is 14.7 Å². The Hall–Kier alpha value is -3.28. The van der Waals surface area contributed by atoms with Crippen LogP contribution in [-0.4, -0.2) is 27.7 Å². The van der Waals surface area contributed by atoms with Crippen LogP contribution in [0.2, 0.25) is 0 Å². The third-order valence-electron chi connectivity index (χ3n) is 3.98. The molecule has 6 nitrogen and oxygen atoms in total. The number of carbonyl (C=O) groups excluding carboxylic acids is 1. The molecule has 3 aromatic rings. The molecule has 4 rings (SSSR count). The lowest BCUT2D eigenvalue weighted by molar-refractivity contribution is 0.0965. The number of aromatic nitrogens is 2. The Bertz CT molecular complexity index is 1010. The van der Waals surface area contributed by atoms with Gasteiger partial charge in [0, 0.05) is 16.7 Å². The summed E-state index contributed by atoms with van der Waals surface area (Å²) < 4.78 is 6.27. The van der Waals surface area contributed by atoms with Crippen molar-refractivity contribution in [3.63, 3.8) is 0 Å². The zero-order chi connectivity index (χ0) is 16.1. The van der Waals surface area contributed by atoms with Gasteiger partial charge in [-0.3, -0.25) is 4.79 Å². The average molecular weight is 308 g/mol. The fourth-order valence-electron chi connectivity index (χ4n) is 2.92. The molecule has 6 heteroatoms. The molecule has 0 atom stereocenters. The highest BCUT2D eigenvalue weighted by Crippen LogP contribution is 2.40. The number of benzene rings is 2. The summed E-state index contributed by atoms with van der Waals surface area (Å²) in [7, 11) is 1.52. The predicted octanol–water partition coefficient (Wildman–Crippen LogP) is 2.23. The number of H-pyrrole nitrogens is 1. The van der Waals surface area contributed by atoms with Crippen LogP contribution in [0.5, 0.6) is 11.5 Å². The third-order valence-corrected chi connectivity index (χ3v) is 3.98. The number of methoxy groups -OCH3 is 1. The lowest BCUT2D eigenvalue weighted by Gasteiger charge is -2.07. The number of hydrogen-bond acceptors (Lipinski definition) is 4. The minimum absolute atomic E-state index is 0.00715. The van der Waals surface area contributed by atoms with Crippen molar-refractivity contribution in [2.45, 2.75) is 0 Å². The van der Waals surface area contributed by atoms with Gasteiger partial charge in [0.15, 0.2) is 0 Å². The number of aromatic hydroxyl groups is 1. The summed E-state index contributed by atoms with van der Waals surface area (Å²) in [6.45, 7) is 0. The first-order valence-electron chi connectivity index (χ1n) is 6.98. The molecule has 0 spiro atoms. The van der Waals surface area contributed by atoms with Crippen molar-refractivity contribution in [3.05, 3.63) is 58.5 Å². The maximum absolute atomic E-state index is 12.4. The summed E-state index contributed by atoms with van der Waals surface area (Å²) in [6.07, 6.45) is 0. The Morgan fingerprint density at radius 3 is 2.52 bits per heavy atom. The third kappa shape index (κ3) is 1.75. The van der Waals surface area contributed by atoms with E-state index in [4.69, 9.17) is 4.74 Å². The molecule has 0 bridgehead atoms. The zero-order valence-electron chi connectivity index (χ0n) is 12.2. The Morgan fingerprint density at radius 1 is 1.04 bits per heavy atom. The fourth-order valence-corrected chi connectivity index (χ4v) is 2.92. The summed E-state index contributed by atoms with van der Waals surface area (Å²) in [5.41, 5.74) is 1.85. The molecule has 2 heterocycles. The van der Waals surface area contributed by atoms with Crippen molar-refractivity contribution in [2.75, 3.05) is 7.11 Å². The van der Waals surface area contributed by atoms with E-state index in [1.54, 1.807) is 36.4 Å². The molecule has 2 aromatic carbocycles. The highest BCUT2D eigenvalue weighted by atomic mass is 16.5. The molecule has 0 radical (unpaired) electrons. The Kier molecular flexibility index (Phi) is 2.68.